The highest BCUT2D eigenvalue weighted by molar-refractivity contribution is 6.15. The molecule has 3 aromatic carbocycles. The summed E-state index contributed by atoms with van der Waals surface area (Å²) in [5.41, 5.74) is -0.361. The van der Waals surface area contributed by atoms with Crippen LogP contribution >= 0.6 is 0 Å². The SMILES string of the molecule is O=C(Nc1cnc2c(-c3cc(C(F)(F)F)ccc3F)c(F)ccc2c1N1CCOCC1)c1ccnc2ccccc12. The third-order valence-electron chi connectivity index (χ3n) is 6.99. The van der Waals surface area contributed by atoms with Crippen LogP contribution in [0.25, 0.3) is 32.9 Å². The Morgan fingerprint density at radius 3 is 2.44 bits per heavy atom. The van der Waals surface area contributed by atoms with E-state index in [4.69, 9.17) is 4.74 Å². The summed E-state index contributed by atoms with van der Waals surface area (Å²) in [5, 5.41) is 3.86. The molecule has 0 saturated carbocycles. The number of amides is 1. The number of para-hydroxylation sites is 1. The zero-order valence-corrected chi connectivity index (χ0v) is 21.3. The highest BCUT2D eigenvalue weighted by Crippen LogP contribution is 2.41. The number of benzene rings is 3. The van der Waals surface area contributed by atoms with Crippen molar-refractivity contribution in [2.75, 3.05) is 36.5 Å². The van der Waals surface area contributed by atoms with Gasteiger partial charge in [-0.2, -0.15) is 13.2 Å². The van der Waals surface area contributed by atoms with Gasteiger partial charge in [-0.1, -0.05) is 18.2 Å². The summed E-state index contributed by atoms with van der Waals surface area (Å²) in [5.74, 6) is -2.40. The maximum absolute atomic E-state index is 15.3. The van der Waals surface area contributed by atoms with Crippen LogP contribution in [0.1, 0.15) is 15.9 Å². The Kier molecular flexibility index (Phi) is 6.74. The number of pyridine rings is 2. The van der Waals surface area contributed by atoms with Gasteiger partial charge >= 0.3 is 6.18 Å². The Morgan fingerprint density at radius 1 is 0.902 bits per heavy atom. The number of carbonyl (C=O) groups excluding carboxylic acids is 1. The van der Waals surface area contributed by atoms with Crippen LogP contribution in [-0.2, 0) is 10.9 Å². The summed E-state index contributed by atoms with van der Waals surface area (Å²) >= 11 is 0. The van der Waals surface area contributed by atoms with Crippen molar-refractivity contribution in [2.45, 2.75) is 6.18 Å². The van der Waals surface area contributed by atoms with Crippen LogP contribution in [0.3, 0.4) is 0 Å². The zero-order valence-electron chi connectivity index (χ0n) is 21.3. The molecule has 1 N–H and O–H groups in total. The van der Waals surface area contributed by atoms with Crippen molar-refractivity contribution < 1.29 is 31.5 Å². The summed E-state index contributed by atoms with van der Waals surface area (Å²) in [4.78, 5) is 24.0. The number of anilines is 2. The molecular weight excluding hydrogens is 543 g/mol. The molecule has 2 aromatic heterocycles. The Hall–Kier alpha value is -4.64. The monoisotopic (exact) mass is 564 g/mol. The average molecular weight is 565 g/mol. The van der Waals surface area contributed by atoms with E-state index in [-0.39, 0.29) is 5.52 Å². The molecule has 0 bridgehead atoms. The molecule has 0 aliphatic carbocycles. The summed E-state index contributed by atoms with van der Waals surface area (Å²) < 4.78 is 76.0. The first kappa shape index (κ1) is 26.6. The number of alkyl halides is 3. The van der Waals surface area contributed by atoms with Gasteiger partial charge < -0.3 is 15.0 Å². The lowest BCUT2D eigenvalue weighted by Crippen LogP contribution is -2.37. The molecule has 0 atom stereocenters. The number of rotatable bonds is 4. The van der Waals surface area contributed by atoms with E-state index >= 15 is 4.39 Å². The second kappa shape index (κ2) is 10.4. The van der Waals surface area contributed by atoms with Gasteiger partial charge in [-0.3, -0.25) is 14.8 Å². The number of fused-ring (bicyclic) bond motifs is 2. The van der Waals surface area contributed by atoms with Crippen LogP contribution in [0.5, 0.6) is 0 Å². The number of hydrogen-bond donors (Lipinski definition) is 1. The molecule has 6 rings (SSSR count). The van der Waals surface area contributed by atoms with E-state index in [2.05, 4.69) is 15.3 Å². The smallest absolute Gasteiger partial charge is 0.378 e. The first-order valence-electron chi connectivity index (χ1n) is 12.7. The number of nitrogens with zero attached hydrogens (tertiary/aromatic N) is 3. The number of hydrogen-bond acceptors (Lipinski definition) is 5. The van der Waals surface area contributed by atoms with E-state index < -0.39 is 40.4 Å². The van der Waals surface area contributed by atoms with Gasteiger partial charge in [0.15, 0.2) is 0 Å². The second-order valence-electron chi connectivity index (χ2n) is 9.46. The first-order chi connectivity index (χ1) is 19.7. The van der Waals surface area contributed by atoms with Crippen molar-refractivity contribution in [3.05, 3.63) is 95.8 Å². The number of halogens is 5. The first-order valence-corrected chi connectivity index (χ1v) is 12.7. The minimum absolute atomic E-state index is 0.0444. The fraction of sp³-hybridized carbons (Fsp3) is 0.167. The molecular formula is C30H21F5N4O2. The molecule has 1 fully saturated rings. The van der Waals surface area contributed by atoms with E-state index in [0.29, 0.717) is 77.7 Å². The summed E-state index contributed by atoms with van der Waals surface area (Å²) in [6.07, 6.45) is -1.93. The number of aromatic nitrogens is 2. The van der Waals surface area contributed by atoms with Crippen molar-refractivity contribution in [2.24, 2.45) is 0 Å². The van der Waals surface area contributed by atoms with E-state index in [1.807, 2.05) is 11.0 Å². The molecule has 1 aliphatic heterocycles. The highest BCUT2D eigenvalue weighted by atomic mass is 19.4. The van der Waals surface area contributed by atoms with Gasteiger partial charge in [-0.25, -0.2) is 8.78 Å². The third-order valence-corrected chi connectivity index (χ3v) is 6.99. The van der Waals surface area contributed by atoms with Crippen LogP contribution < -0.4 is 10.2 Å². The minimum Gasteiger partial charge on any atom is -0.378 e. The summed E-state index contributed by atoms with van der Waals surface area (Å²) in [6.45, 7) is 1.60. The standard InChI is InChI=1S/C30H21F5N4O2/c31-22-7-5-17(30(33,34)35)15-21(22)26-23(32)8-6-20-27(26)37-16-25(28(20)39-11-13-41-14-12-39)38-29(40)19-9-10-36-24-4-2-1-3-18(19)24/h1-10,15-16H,11-14H2,(H,38,40). The zero-order chi connectivity index (χ0) is 28.7. The van der Waals surface area contributed by atoms with Crippen LogP contribution in [0.4, 0.5) is 33.3 Å². The molecule has 6 nitrogen and oxygen atoms in total. The van der Waals surface area contributed by atoms with E-state index in [1.54, 1.807) is 24.3 Å². The molecule has 0 spiro atoms. The Bertz CT molecular complexity index is 1800. The molecule has 1 amide bonds. The lowest BCUT2D eigenvalue weighted by molar-refractivity contribution is -0.137. The number of carbonyl (C=O) groups is 1. The van der Waals surface area contributed by atoms with E-state index in [9.17, 15) is 22.4 Å². The highest BCUT2D eigenvalue weighted by Gasteiger charge is 2.32. The van der Waals surface area contributed by atoms with Gasteiger partial charge in [0.1, 0.15) is 11.6 Å². The number of morpholine rings is 1. The second-order valence-corrected chi connectivity index (χ2v) is 9.46. The average Bonchev–Trinajstić information content (AvgIpc) is 2.97. The maximum Gasteiger partial charge on any atom is 0.416 e. The summed E-state index contributed by atoms with van der Waals surface area (Å²) in [7, 11) is 0. The van der Waals surface area contributed by atoms with Crippen LogP contribution in [-0.4, -0.2) is 42.2 Å². The summed E-state index contributed by atoms with van der Waals surface area (Å²) in [6, 6.07) is 13.1. The molecule has 5 aromatic rings. The molecule has 0 unspecified atom stereocenters. The van der Waals surface area contributed by atoms with Crippen LogP contribution in [0, 0.1) is 11.6 Å². The van der Waals surface area contributed by atoms with Gasteiger partial charge in [-0.15, -0.1) is 0 Å². The van der Waals surface area contributed by atoms with Gasteiger partial charge in [0.25, 0.3) is 5.91 Å². The molecule has 1 aliphatic rings. The third kappa shape index (κ3) is 4.93. The largest absolute Gasteiger partial charge is 0.416 e. The van der Waals surface area contributed by atoms with E-state index in [0.717, 1.165) is 6.07 Å². The molecule has 3 heterocycles. The molecule has 208 valence electrons. The quantitative estimate of drug-likeness (QED) is 0.242. The molecule has 41 heavy (non-hydrogen) atoms. The van der Waals surface area contributed by atoms with Gasteiger partial charge in [-0.05, 0) is 42.5 Å². The van der Waals surface area contributed by atoms with Crippen molar-refractivity contribution in [3.63, 3.8) is 0 Å². The van der Waals surface area contributed by atoms with Gasteiger partial charge in [0.2, 0.25) is 0 Å². The van der Waals surface area contributed by atoms with Crippen molar-refractivity contribution in [1.82, 2.24) is 9.97 Å². The predicted octanol–water partition coefficient (Wildman–Crippen LogP) is 6.84. The normalized spacial score (nSPS) is 14.0. The fourth-order valence-electron chi connectivity index (χ4n) is 5.08. The lowest BCUT2D eigenvalue weighted by atomic mass is 9.97. The topological polar surface area (TPSA) is 67.4 Å². The molecule has 0 radical (unpaired) electrons. The van der Waals surface area contributed by atoms with E-state index in [1.165, 1.54) is 18.5 Å². The fourth-order valence-corrected chi connectivity index (χ4v) is 5.08. The Morgan fingerprint density at radius 2 is 1.66 bits per heavy atom. The van der Waals surface area contributed by atoms with Crippen molar-refractivity contribution >= 4 is 39.1 Å². The predicted molar refractivity (Wildman–Crippen MR) is 145 cm³/mol. The molecule has 11 heteroatoms. The minimum atomic E-state index is -4.76. The van der Waals surface area contributed by atoms with Crippen molar-refractivity contribution in [1.29, 1.82) is 0 Å². The Labute approximate surface area is 230 Å². The lowest BCUT2D eigenvalue weighted by Gasteiger charge is -2.31. The number of ether oxygens (including phenoxy) is 1. The Balaban J connectivity index is 1.53. The number of nitrogens with one attached hydrogen (secondary N) is 1. The maximum atomic E-state index is 15.3. The van der Waals surface area contributed by atoms with Crippen molar-refractivity contribution in [3.8, 4) is 11.1 Å². The van der Waals surface area contributed by atoms with Gasteiger partial charge in [0, 0.05) is 41.2 Å². The molecule has 1 saturated heterocycles. The van der Waals surface area contributed by atoms with Crippen LogP contribution in [0.15, 0.2) is 73.1 Å². The van der Waals surface area contributed by atoms with Crippen LogP contribution in [0.2, 0.25) is 0 Å². The van der Waals surface area contributed by atoms with Gasteiger partial charge in [0.05, 0.1) is 52.9 Å².